The first-order valence-corrected chi connectivity index (χ1v) is 6.78. The Balaban J connectivity index is 2.36. The lowest BCUT2D eigenvalue weighted by molar-refractivity contribution is 0.0494. The first-order valence-electron chi connectivity index (χ1n) is 5.99. The van der Waals surface area contributed by atoms with Crippen molar-refractivity contribution in [2.24, 2.45) is 0 Å². The summed E-state index contributed by atoms with van der Waals surface area (Å²) in [5, 5.41) is 2.70. The molecule has 0 spiro atoms. The van der Waals surface area contributed by atoms with Crippen LogP contribution in [0.3, 0.4) is 0 Å². The van der Waals surface area contributed by atoms with Gasteiger partial charge in [-0.2, -0.15) is 0 Å². The van der Waals surface area contributed by atoms with Gasteiger partial charge >= 0.3 is 6.09 Å². The van der Waals surface area contributed by atoms with Gasteiger partial charge in [0.1, 0.15) is 18.0 Å². The number of carbonyl (C=O) groups excluding carboxylic acids is 1. The number of alkyl carbamates (subject to hydrolysis) is 1. The van der Waals surface area contributed by atoms with Gasteiger partial charge in [-0.3, -0.25) is 4.98 Å². The fourth-order valence-corrected chi connectivity index (χ4v) is 1.59. The van der Waals surface area contributed by atoms with Gasteiger partial charge in [0.15, 0.2) is 0 Å². The number of nitrogens with one attached hydrogen (secondary N) is 1. The predicted octanol–water partition coefficient (Wildman–Crippen LogP) is 3.14. The number of ether oxygens (including phenoxy) is 2. The zero-order valence-corrected chi connectivity index (χ0v) is 13.2. The van der Waals surface area contributed by atoms with Gasteiger partial charge in [0.05, 0.1) is 12.2 Å². The van der Waals surface area contributed by atoms with E-state index in [2.05, 4.69) is 26.2 Å². The Morgan fingerprint density at radius 1 is 1.47 bits per heavy atom. The first-order chi connectivity index (χ1) is 8.76. The van der Waals surface area contributed by atoms with Crippen LogP contribution in [0.4, 0.5) is 4.79 Å². The molecule has 1 N–H and O–H groups in total. The van der Waals surface area contributed by atoms with E-state index in [9.17, 15) is 4.79 Å². The molecule has 0 aliphatic rings. The second kappa shape index (κ2) is 6.75. The smallest absolute Gasteiger partial charge is 0.407 e. The summed E-state index contributed by atoms with van der Waals surface area (Å²) in [5.74, 6) is 0.646. The number of hydrogen-bond acceptors (Lipinski definition) is 4. The summed E-state index contributed by atoms with van der Waals surface area (Å²) in [6, 6.07) is 1.65. The van der Waals surface area contributed by atoms with E-state index in [0.717, 1.165) is 4.47 Å². The number of carbonyl (C=O) groups is 1. The lowest BCUT2D eigenvalue weighted by Crippen LogP contribution is -2.40. The number of aromatic nitrogens is 1. The number of halogens is 1. The van der Waals surface area contributed by atoms with E-state index in [0.29, 0.717) is 12.4 Å². The lowest BCUT2D eigenvalue weighted by atomic mass is 10.2. The van der Waals surface area contributed by atoms with Crippen LogP contribution in [-0.2, 0) is 4.74 Å². The summed E-state index contributed by atoms with van der Waals surface area (Å²) < 4.78 is 11.5. The first kappa shape index (κ1) is 15.8. The molecule has 0 fully saturated rings. The predicted molar refractivity (Wildman–Crippen MR) is 76.3 cm³/mol. The van der Waals surface area contributed by atoms with Crippen molar-refractivity contribution >= 4 is 22.0 Å². The Morgan fingerprint density at radius 2 is 2.16 bits per heavy atom. The van der Waals surface area contributed by atoms with Gasteiger partial charge < -0.3 is 14.8 Å². The second-order valence-electron chi connectivity index (χ2n) is 5.20. The average Bonchev–Trinajstić information content (AvgIpc) is 2.23. The molecule has 1 aromatic rings. The molecule has 19 heavy (non-hydrogen) atoms. The van der Waals surface area contributed by atoms with Crippen molar-refractivity contribution in [3.05, 3.63) is 22.9 Å². The zero-order valence-electron chi connectivity index (χ0n) is 11.6. The van der Waals surface area contributed by atoms with Crippen LogP contribution in [0.5, 0.6) is 5.75 Å². The molecule has 0 aliphatic carbocycles. The van der Waals surface area contributed by atoms with Crippen LogP contribution in [0, 0.1) is 0 Å². The molecular formula is C13H19BrN2O3. The van der Waals surface area contributed by atoms with Gasteiger partial charge in [-0.05, 0) is 49.7 Å². The second-order valence-corrected chi connectivity index (χ2v) is 6.11. The van der Waals surface area contributed by atoms with Crippen molar-refractivity contribution in [1.82, 2.24) is 10.3 Å². The number of rotatable bonds is 4. The molecular weight excluding hydrogens is 312 g/mol. The normalized spacial score (nSPS) is 12.7. The van der Waals surface area contributed by atoms with Gasteiger partial charge in [0.25, 0.3) is 0 Å². The van der Waals surface area contributed by atoms with Crippen LogP contribution in [-0.4, -0.2) is 29.3 Å². The van der Waals surface area contributed by atoms with Gasteiger partial charge in [0, 0.05) is 10.7 Å². The molecule has 1 atom stereocenters. The molecule has 1 rings (SSSR count). The maximum Gasteiger partial charge on any atom is 0.407 e. The molecule has 0 aliphatic heterocycles. The number of amides is 1. The van der Waals surface area contributed by atoms with Crippen molar-refractivity contribution in [1.29, 1.82) is 0 Å². The minimum Gasteiger partial charge on any atom is -0.490 e. The molecule has 1 amide bonds. The molecule has 0 saturated heterocycles. The van der Waals surface area contributed by atoms with Crippen LogP contribution in [0.2, 0.25) is 0 Å². The maximum atomic E-state index is 11.5. The molecule has 1 unspecified atom stereocenters. The van der Waals surface area contributed by atoms with Gasteiger partial charge in [-0.1, -0.05) is 0 Å². The van der Waals surface area contributed by atoms with Crippen LogP contribution in [0.1, 0.15) is 27.7 Å². The van der Waals surface area contributed by atoms with E-state index in [1.807, 2.05) is 33.8 Å². The van der Waals surface area contributed by atoms with E-state index in [1.54, 1.807) is 12.4 Å². The summed E-state index contributed by atoms with van der Waals surface area (Å²) in [5.41, 5.74) is -0.501. The van der Waals surface area contributed by atoms with Gasteiger partial charge in [-0.15, -0.1) is 0 Å². The average molecular weight is 331 g/mol. The number of hydrogen-bond donors (Lipinski definition) is 1. The molecule has 0 bridgehead atoms. The minimum atomic E-state index is -0.501. The quantitative estimate of drug-likeness (QED) is 0.921. The summed E-state index contributed by atoms with van der Waals surface area (Å²) >= 11 is 3.31. The van der Waals surface area contributed by atoms with E-state index in [1.165, 1.54) is 0 Å². The Hall–Kier alpha value is -1.30. The van der Waals surface area contributed by atoms with Crippen LogP contribution in [0.25, 0.3) is 0 Å². The topological polar surface area (TPSA) is 60.5 Å². The highest BCUT2D eigenvalue weighted by molar-refractivity contribution is 9.10. The van der Waals surface area contributed by atoms with Crippen molar-refractivity contribution in [3.8, 4) is 5.75 Å². The third-order valence-electron chi connectivity index (χ3n) is 1.94. The monoisotopic (exact) mass is 330 g/mol. The highest BCUT2D eigenvalue weighted by Gasteiger charge is 2.17. The molecule has 0 aromatic carbocycles. The fourth-order valence-electron chi connectivity index (χ4n) is 1.24. The summed E-state index contributed by atoms with van der Waals surface area (Å²) in [4.78, 5) is 15.5. The molecule has 6 heteroatoms. The fraction of sp³-hybridized carbons (Fsp3) is 0.538. The van der Waals surface area contributed by atoms with E-state index < -0.39 is 11.7 Å². The number of nitrogens with zero attached hydrogens (tertiary/aromatic N) is 1. The maximum absolute atomic E-state index is 11.5. The van der Waals surface area contributed by atoms with E-state index >= 15 is 0 Å². The van der Waals surface area contributed by atoms with Gasteiger partial charge in [-0.25, -0.2) is 4.79 Å². The Labute approximate surface area is 121 Å². The van der Waals surface area contributed by atoms with Crippen molar-refractivity contribution in [2.45, 2.75) is 39.3 Å². The molecule has 5 nitrogen and oxygen atoms in total. The Morgan fingerprint density at radius 3 is 2.74 bits per heavy atom. The van der Waals surface area contributed by atoms with Crippen LogP contribution >= 0.6 is 15.9 Å². The largest absolute Gasteiger partial charge is 0.490 e. The van der Waals surface area contributed by atoms with Crippen molar-refractivity contribution in [2.75, 3.05) is 6.61 Å². The SMILES string of the molecule is CC(COc1cncc(Br)c1)NC(=O)OC(C)(C)C. The highest BCUT2D eigenvalue weighted by atomic mass is 79.9. The van der Waals surface area contributed by atoms with Crippen molar-refractivity contribution < 1.29 is 14.3 Å². The van der Waals surface area contributed by atoms with Crippen LogP contribution < -0.4 is 10.1 Å². The Bertz CT molecular complexity index is 432. The molecule has 1 heterocycles. The van der Waals surface area contributed by atoms with Gasteiger partial charge in [0.2, 0.25) is 0 Å². The summed E-state index contributed by atoms with van der Waals surface area (Å²) in [6.07, 6.45) is 2.84. The zero-order chi connectivity index (χ0) is 14.5. The molecule has 0 radical (unpaired) electrons. The summed E-state index contributed by atoms with van der Waals surface area (Å²) in [7, 11) is 0. The molecule has 1 aromatic heterocycles. The lowest BCUT2D eigenvalue weighted by Gasteiger charge is -2.22. The number of pyridine rings is 1. The Kier molecular flexibility index (Phi) is 5.60. The minimum absolute atomic E-state index is 0.158. The molecule has 106 valence electrons. The van der Waals surface area contributed by atoms with E-state index in [4.69, 9.17) is 9.47 Å². The highest BCUT2D eigenvalue weighted by Crippen LogP contribution is 2.15. The summed E-state index contributed by atoms with van der Waals surface area (Å²) in [6.45, 7) is 7.65. The van der Waals surface area contributed by atoms with E-state index in [-0.39, 0.29) is 6.04 Å². The van der Waals surface area contributed by atoms with Crippen LogP contribution in [0.15, 0.2) is 22.9 Å². The standard InChI is InChI=1S/C13H19BrN2O3/c1-9(16-12(17)19-13(2,3)4)8-18-11-5-10(14)6-15-7-11/h5-7,9H,8H2,1-4H3,(H,16,17). The van der Waals surface area contributed by atoms with Crippen molar-refractivity contribution in [3.63, 3.8) is 0 Å². The third kappa shape index (κ3) is 7.00. The third-order valence-corrected chi connectivity index (χ3v) is 2.38. The molecule has 0 saturated carbocycles.